The molecular weight excluding hydrogens is 352 g/mol. The molecule has 0 radical (unpaired) electrons. The van der Waals surface area contributed by atoms with E-state index < -0.39 is 6.10 Å². The molecule has 0 fully saturated rings. The molecule has 4 nitrogen and oxygen atoms in total. The fraction of sp³-hybridized carbons (Fsp3) is 0.500. The van der Waals surface area contributed by atoms with Crippen LogP contribution in [0.1, 0.15) is 55.0 Å². The van der Waals surface area contributed by atoms with Crippen molar-refractivity contribution in [2.45, 2.75) is 65.8 Å². The summed E-state index contributed by atoms with van der Waals surface area (Å²) in [6.45, 7) is 6.32. The van der Waals surface area contributed by atoms with Crippen LogP contribution in [0.15, 0.2) is 36.4 Å². The van der Waals surface area contributed by atoms with Crippen molar-refractivity contribution in [2.24, 2.45) is 5.92 Å². The Bertz CT molecular complexity index is 739. The van der Waals surface area contributed by atoms with E-state index in [1.807, 2.05) is 38.1 Å². The van der Waals surface area contributed by atoms with Crippen molar-refractivity contribution in [3.05, 3.63) is 64.2 Å². The van der Waals surface area contributed by atoms with Crippen molar-refractivity contribution < 1.29 is 20.1 Å². The third kappa shape index (κ3) is 6.33. The molecule has 0 saturated carbocycles. The van der Waals surface area contributed by atoms with Gasteiger partial charge in [0.05, 0.1) is 19.3 Å². The molecule has 3 N–H and O–H groups in total. The first kappa shape index (κ1) is 22.4. The van der Waals surface area contributed by atoms with E-state index in [4.69, 9.17) is 4.74 Å². The largest absolute Gasteiger partial charge is 0.491 e. The number of ether oxygens (including phenoxy) is 1. The lowest BCUT2D eigenvalue weighted by molar-refractivity contribution is 0.0697. The predicted molar refractivity (Wildman–Crippen MR) is 112 cm³/mol. The van der Waals surface area contributed by atoms with Crippen LogP contribution in [0.4, 0.5) is 0 Å². The molecule has 0 aliphatic rings. The van der Waals surface area contributed by atoms with Crippen LogP contribution in [-0.4, -0.2) is 28.0 Å². The minimum atomic E-state index is -0.453. The Morgan fingerprint density at radius 1 is 0.857 bits per heavy atom. The summed E-state index contributed by atoms with van der Waals surface area (Å²) < 4.78 is 5.83. The van der Waals surface area contributed by atoms with Gasteiger partial charge in [-0.2, -0.15) is 0 Å². The normalized spacial score (nSPS) is 12.4. The standard InChI is InChI=1S/C24H34O4/c1-4-20-12-19(9-11-24(20)28-16-23(27)17(2)3)7-5-6-18-8-10-21(14-25)22(13-18)15-26/h8-13,17,23,25-27H,4-7,14-16H2,1-3H3. The highest BCUT2D eigenvalue weighted by Crippen LogP contribution is 2.23. The third-order valence-corrected chi connectivity index (χ3v) is 5.23. The highest BCUT2D eigenvalue weighted by Gasteiger charge is 2.11. The first-order valence-electron chi connectivity index (χ1n) is 10.2. The second-order valence-corrected chi connectivity index (χ2v) is 7.69. The van der Waals surface area contributed by atoms with Gasteiger partial charge < -0.3 is 20.1 Å². The summed E-state index contributed by atoms with van der Waals surface area (Å²) in [4.78, 5) is 0. The van der Waals surface area contributed by atoms with Crippen LogP contribution in [0.5, 0.6) is 5.75 Å². The van der Waals surface area contributed by atoms with Crippen LogP contribution >= 0.6 is 0 Å². The van der Waals surface area contributed by atoms with Crippen LogP contribution in [0.25, 0.3) is 0 Å². The molecule has 0 aromatic heterocycles. The third-order valence-electron chi connectivity index (χ3n) is 5.23. The Kier molecular flexibility index (Phi) is 8.97. The number of benzene rings is 2. The molecule has 0 spiro atoms. The van der Waals surface area contributed by atoms with Crippen LogP contribution in [0.2, 0.25) is 0 Å². The van der Waals surface area contributed by atoms with Crippen molar-refractivity contribution >= 4 is 0 Å². The Hall–Kier alpha value is -1.88. The first-order valence-corrected chi connectivity index (χ1v) is 10.2. The van der Waals surface area contributed by atoms with Crippen LogP contribution < -0.4 is 4.74 Å². The minimum absolute atomic E-state index is 0.0431. The molecule has 2 rings (SSSR count). The highest BCUT2D eigenvalue weighted by atomic mass is 16.5. The molecule has 28 heavy (non-hydrogen) atoms. The average Bonchev–Trinajstić information content (AvgIpc) is 2.71. The van der Waals surface area contributed by atoms with E-state index in [9.17, 15) is 15.3 Å². The van der Waals surface area contributed by atoms with E-state index in [2.05, 4.69) is 19.1 Å². The van der Waals surface area contributed by atoms with E-state index in [-0.39, 0.29) is 19.1 Å². The van der Waals surface area contributed by atoms with Crippen molar-refractivity contribution in [1.82, 2.24) is 0 Å². The van der Waals surface area contributed by atoms with Gasteiger partial charge in [0.25, 0.3) is 0 Å². The van der Waals surface area contributed by atoms with Gasteiger partial charge in [-0.25, -0.2) is 0 Å². The molecule has 2 aromatic carbocycles. The molecule has 0 heterocycles. The summed E-state index contributed by atoms with van der Waals surface area (Å²) in [7, 11) is 0. The van der Waals surface area contributed by atoms with Gasteiger partial charge in [0, 0.05) is 0 Å². The number of aliphatic hydroxyl groups excluding tert-OH is 3. The number of hydrogen-bond donors (Lipinski definition) is 3. The molecule has 1 atom stereocenters. The second kappa shape index (κ2) is 11.2. The fourth-order valence-electron chi connectivity index (χ4n) is 3.21. The molecule has 0 amide bonds. The van der Waals surface area contributed by atoms with E-state index in [1.54, 1.807) is 0 Å². The molecule has 4 heteroatoms. The molecule has 154 valence electrons. The Morgan fingerprint density at radius 2 is 1.46 bits per heavy atom. The SMILES string of the molecule is CCc1cc(CCCc2ccc(CO)c(CO)c2)ccc1OCC(O)C(C)C. The van der Waals surface area contributed by atoms with Gasteiger partial charge in [0.1, 0.15) is 12.4 Å². The summed E-state index contributed by atoms with van der Waals surface area (Å²) >= 11 is 0. The molecule has 0 aliphatic heterocycles. The zero-order valence-electron chi connectivity index (χ0n) is 17.3. The maximum atomic E-state index is 9.95. The summed E-state index contributed by atoms with van der Waals surface area (Å²) in [5.41, 5.74) is 5.22. The maximum Gasteiger partial charge on any atom is 0.122 e. The molecule has 1 unspecified atom stereocenters. The zero-order valence-corrected chi connectivity index (χ0v) is 17.3. The molecule has 0 bridgehead atoms. The number of hydrogen-bond acceptors (Lipinski definition) is 4. The highest BCUT2D eigenvalue weighted by molar-refractivity contribution is 5.37. The van der Waals surface area contributed by atoms with Gasteiger partial charge in [-0.05, 0) is 65.5 Å². The molecule has 0 aliphatic carbocycles. The lowest BCUT2D eigenvalue weighted by Crippen LogP contribution is -2.23. The topological polar surface area (TPSA) is 69.9 Å². The maximum absolute atomic E-state index is 9.95. The van der Waals surface area contributed by atoms with Gasteiger partial charge in [0.2, 0.25) is 0 Å². The molecular formula is C24H34O4. The summed E-state index contributed by atoms with van der Waals surface area (Å²) in [6.07, 6.45) is 3.35. The van der Waals surface area contributed by atoms with E-state index >= 15 is 0 Å². The van der Waals surface area contributed by atoms with Crippen LogP contribution in [0, 0.1) is 5.92 Å². The van der Waals surface area contributed by atoms with Crippen LogP contribution in [0.3, 0.4) is 0 Å². The number of aryl methyl sites for hydroxylation is 3. The van der Waals surface area contributed by atoms with Crippen molar-refractivity contribution in [1.29, 1.82) is 0 Å². The van der Waals surface area contributed by atoms with Gasteiger partial charge in [0.15, 0.2) is 0 Å². The summed E-state index contributed by atoms with van der Waals surface area (Å²) in [5.74, 6) is 1.04. The van der Waals surface area contributed by atoms with Gasteiger partial charge in [-0.15, -0.1) is 0 Å². The minimum Gasteiger partial charge on any atom is -0.491 e. The summed E-state index contributed by atoms with van der Waals surface area (Å²) in [6, 6.07) is 12.2. The lowest BCUT2D eigenvalue weighted by Gasteiger charge is -2.17. The van der Waals surface area contributed by atoms with Crippen LogP contribution in [-0.2, 0) is 32.5 Å². The monoisotopic (exact) mass is 386 g/mol. The second-order valence-electron chi connectivity index (χ2n) is 7.69. The van der Waals surface area contributed by atoms with Gasteiger partial charge >= 0.3 is 0 Å². The van der Waals surface area contributed by atoms with E-state index in [0.29, 0.717) is 6.61 Å². The Labute approximate surface area is 168 Å². The van der Waals surface area contributed by atoms with Crippen molar-refractivity contribution in [3.63, 3.8) is 0 Å². The van der Waals surface area contributed by atoms with E-state index in [1.165, 1.54) is 16.7 Å². The van der Waals surface area contributed by atoms with Crippen molar-refractivity contribution in [3.8, 4) is 5.75 Å². The fourth-order valence-corrected chi connectivity index (χ4v) is 3.21. The number of aliphatic hydroxyl groups is 3. The first-order chi connectivity index (χ1) is 13.5. The van der Waals surface area contributed by atoms with Gasteiger partial charge in [-0.3, -0.25) is 0 Å². The predicted octanol–water partition coefficient (Wildman–Crippen LogP) is 3.80. The molecule has 2 aromatic rings. The zero-order chi connectivity index (χ0) is 20.5. The lowest BCUT2D eigenvalue weighted by atomic mass is 9.98. The number of rotatable bonds is 11. The Morgan fingerprint density at radius 3 is 2.04 bits per heavy atom. The van der Waals surface area contributed by atoms with Gasteiger partial charge in [-0.1, -0.05) is 51.1 Å². The Balaban J connectivity index is 1.94. The van der Waals surface area contributed by atoms with E-state index in [0.717, 1.165) is 42.6 Å². The quantitative estimate of drug-likeness (QED) is 0.549. The average molecular weight is 387 g/mol. The summed E-state index contributed by atoms with van der Waals surface area (Å²) in [5, 5.41) is 28.7. The van der Waals surface area contributed by atoms with Crippen molar-refractivity contribution in [2.75, 3.05) is 6.61 Å². The smallest absolute Gasteiger partial charge is 0.122 e. The molecule has 0 saturated heterocycles.